The van der Waals surface area contributed by atoms with Crippen molar-refractivity contribution in [1.82, 2.24) is 0 Å². The van der Waals surface area contributed by atoms with Crippen molar-refractivity contribution in [3.63, 3.8) is 0 Å². The second-order valence-corrected chi connectivity index (χ2v) is 5.46. The van der Waals surface area contributed by atoms with Crippen molar-refractivity contribution in [2.75, 3.05) is 6.26 Å². The molecule has 0 bridgehead atoms. The Morgan fingerprint density at radius 2 is 2.08 bits per heavy atom. The summed E-state index contributed by atoms with van der Waals surface area (Å²) in [4.78, 5) is 0.879. The highest BCUT2D eigenvalue weighted by Crippen LogP contribution is 2.20. The molecule has 0 radical (unpaired) electrons. The lowest BCUT2D eigenvalue weighted by Gasteiger charge is -2.03. The first kappa shape index (κ1) is 10.9. The average Bonchev–Trinajstić information content (AvgIpc) is 2.02. The predicted molar refractivity (Wildman–Crippen MR) is 56.4 cm³/mol. The van der Waals surface area contributed by atoms with Crippen LogP contribution in [-0.2, 0) is 15.7 Å². The highest BCUT2D eigenvalue weighted by Gasteiger charge is 2.08. The second-order valence-electron chi connectivity index (χ2n) is 2.70. The monoisotopic (exact) mass is 236 g/mol. The van der Waals surface area contributed by atoms with Crippen LogP contribution >= 0.6 is 24.2 Å². The Morgan fingerprint density at radius 1 is 1.46 bits per heavy atom. The molecule has 0 atom stereocenters. The molecule has 1 rings (SSSR count). The number of rotatable bonds is 2. The van der Waals surface area contributed by atoms with Gasteiger partial charge in [-0.05, 0) is 17.7 Å². The van der Waals surface area contributed by atoms with Crippen LogP contribution in [0.15, 0.2) is 28.0 Å². The molecule has 0 amide bonds. The molecule has 0 aliphatic carbocycles. The Labute approximate surface area is 88.2 Å². The van der Waals surface area contributed by atoms with Gasteiger partial charge in [0.15, 0.2) is 9.84 Å². The normalized spacial score (nSPS) is 11.6. The number of hydrogen-bond donors (Lipinski definition) is 1. The van der Waals surface area contributed by atoms with Crippen LogP contribution in [0.25, 0.3) is 0 Å². The molecule has 5 heteroatoms. The van der Waals surface area contributed by atoms with E-state index in [1.165, 1.54) is 12.1 Å². The van der Waals surface area contributed by atoms with E-state index in [1.807, 2.05) is 0 Å². The Morgan fingerprint density at radius 3 is 2.46 bits per heavy atom. The molecule has 72 valence electrons. The Kier molecular flexibility index (Phi) is 3.27. The summed E-state index contributed by atoms with van der Waals surface area (Å²) >= 11 is 9.73. The molecule has 0 aliphatic heterocycles. The molecule has 0 aromatic heterocycles. The molecule has 0 N–H and O–H groups in total. The maximum Gasteiger partial charge on any atom is 0.175 e. The average molecular weight is 237 g/mol. The fourth-order valence-corrected chi connectivity index (χ4v) is 2.24. The smallest absolute Gasteiger partial charge is 0.175 e. The summed E-state index contributed by atoms with van der Waals surface area (Å²) in [6.07, 6.45) is 1.16. The van der Waals surface area contributed by atoms with Gasteiger partial charge in [-0.15, -0.1) is 24.2 Å². The van der Waals surface area contributed by atoms with Gasteiger partial charge < -0.3 is 0 Å². The van der Waals surface area contributed by atoms with Gasteiger partial charge in [-0.3, -0.25) is 0 Å². The van der Waals surface area contributed by atoms with Crippen LogP contribution in [-0.4, -0.2) is 14.7 Å². The molecule has 13 heavy (non-hydrogen) atoms. The predicted octanol–water partition coefficient (Wildman–Crippen LogP) is 2.12. The van der Waals surface area contributed by atoms with E-state index in [9.17, 15) is 8.42 Å². The summed E-state index contributed by atoms with van der Waals surface area (Å²) in [5.74, 6) is 0.336. The fraction of sp³-hybridized carbons (Fsp3) is 0.250. The molecular weight excluding hydrogens is 228 g/mol. The zero-order valence-corrected chi connectivity index (χ0v) is 9.46. The number of thiol groups is 1. The van der Waals surface area contributed by atoms with Gasteiger partial charge in [-0.25, -0.2) is 8.42 Å². The summed E-state index contributed by atoms with van der Waals surface area (Å²) in [6, 6.07) is 4.72. The van der Waals surface area contributed by atoms with E-state index in [4.69, 9.17) is 11.6 Å². The molecule has 1 aromatic rings. The second kappa shape index (κ2) is 3.90. The molecule has 0 spiro atoms. The van der Waals surface area contributed by atoms with Crippen LogP contribution in [0.5, 0.6) is 0 Å². The molecule has 0 saturated carbocycles. The van der Waals surface area contributed by atoms with E-state index in [-0.39, 0.29) is 4.90 Å². The van der Waals surface area contributed by atoms with Crippen LogP contribution in [0.2, 0.25) is 0 Å². The minimum Gasteiger partial charge on any atom is -0.224 e. The highest BCUT2D eigenvalue weighted by atomic mass is 35.5. The topological polar surface area (TPSA) is 34.1 Å². The summed E-state index contributed by atoms with van der Waals surface area (Å²) < 4.78 is 22.2. The van der Waals surface area contributed by atoms with Crippen molar-refractivity contribution >= 4 is 34.1 Å². The number of halogens is 1. The van der Waals surface area contributed by atoms with E-state index >= 15 is 0 Å². The molecule has 0 fully saturated rings. The Balaban J connectivity index is 3.26. The molecule has 0 saturated heterocycles. The van der Waals surface area contributed by atoms with Crippen molar-refractivity contribution in [1.29, 1.82) is 0 Å². The third-order valence-corrected chi connectivity index (χ3v) is 3.44. The van der Waals surface area contributed by atoms with Gasteiger partial charge >= 0.3 is 0 Å². The van der Waals surface area contributed by atoms with Crippen molar-refractivity contribution < 1.29 is 8.42 Å². The van der Waals surface area contributed by atoms with Crippen LogP contribution in [0.1, 0.15) is 5.56 Å². The molecule has 2 nitrogen and oxygen atoms in total. The standard InChI is InChI=1S/C8H9ClO2S2/c1-13(10,11)7-3-2-6(5-9)8(12)4-7/h2-4,12H,5H2,1H3. The van der Waals surface area contributed by atoms with Crippen molar-refractivity contribution in [3.05, 3.63) is 23.8 Å². The zero-order valence-electron chi connectivity index (χ0n) is 6.99. The number of alkyl halides is 1. The summed E-state index contributed by atoms with van der Waals surface area (Å²) in [5.41, 5.74) is 0.831. The van der Waals surface area contributed by atoms with Crippen LogP contribution in [0.4, 0.5) is 0 Å². The van der Waals surface area contributed by atoms with E-state index in [1.54, 1.807) is 6.07 Å². The quantitative estimate of drug-likeness (QED) is 0.631. The highest BCUT2D eigenvalue weighted by molar-refractivity contribution is 7.90. The van der Waals surface area contributed by atoms with Gasteiger partial charge in [0.2, 0.25) is 0 Å². The van der Waals surface area contributed by atoms with E-state index in [0.29, 0.717) is 10.8 Å². The van der Waals surface area contributed by atoms with Crippen molar-refractivity contribution in [2.24, 2.45) is 0 Å². The minimum absolute atomic E-state index is 0.270. The van der Waals surface area contributed by atoms with Crippen molar-refractivity contribution in [2.45, 2.75) is 15.7 Å². The largest absolute Gasteiger partial charge is 0.224 e. The third-order valence-electron chi connectivity index (χ3n) is 1.63. The van der Waals surface area contributed by atoms with Gasteiger partial charge in [0.25, 0.3) is 0 Å². The summed E-state index contributed by atoms with van der Waals surface area (Å²) in [6.45, 7) is 0. The molecule has 0 unspecified atom stereocenters. The van der Waals surface area contributed by atoms with Gasteiger partial charge in [0.1, 0.15) is 0 Å². The maximum absolute atomic E-state index is 11.1. The first-order valence-electron chi connectivity index (χ1n) is 3.53. The lowest BCUT2D eigenvalue weighted by Crippen LogP contribution is -1.97. The molecule has 0 heterocycles. The van der Waals surface area contributed by atoms with E-state index in [2.05, 4.69) is 12.6 Å². The number of sulfone groups is 1. The van der Waals surface area contributed by atoms with Crippen molar-refractivity contribution in [3.8, 4) is 0 Å². The lowest BCUT2D eigenvalue weighted by atomic mass is 10.2. The van der Waals surface area contributed by atoms with Gasteiger partial charge in [-0.1, -0.05) is 6.07 Å². The third kappa shape index (κ3) is 2.62. The summed E-state index contributed by atoms with van der Waals surface area (Å²) in [7, 11) is -3.14. The SMILES string of the molecule is CS(=O)(=O)c1ccc(CCl)c(S)c1. The number of hydrogen-bond acceptors (Lipinski definition) is 3. The van der Waals surface area contributed by atoms with Crippen LogP contribution in [0, 0.1) is 0 Å². The maximum atomic E-state index is 11.1. The van der Waals surface area contributed by atoms with Gasteiger partial charge in [0, 0.05) is 17.0 Å². The minimum atomic E-state index is -3.14. The van der Waals surface area contributed by atoms with Gasteiger partial charge in [0.05, 0.1) is 4.90 Å². The van der Waals surface area contributed by atoms with Crippen LogP contribution < -0.4 is 0 Å². The Bertz CT molecular complexity index is 412. The van der Waals surface area contributed by atoms with Crippen LogP contribution in [0.3, 0.4) is 0 Å². The first-order chi connectivity index (χ1) is 5.95. The first-order valence-corrected chi connectivity index (χ1v) is 6.40. The molecule has 0 aliphatic rings. The zero-order chi connectivity index (χ0) is 10.1. The summed E-state index contributed by atoms with van der Waals surface area (Å²) in [5, 5.41) is 0. The van der Waals surface area contributed by atoms with Gasteiger partial charge in [-0.2, -0.15) is 0 Å². The number of benzene rings is 1. The van der Waals surface area contributed by atoms with E-state index in [0.717, 1.165) is 11.8 Å². The lowest BCUT2D eigenvalue weighted by molar-refractivity contribution is 0.601. The van der Waals surface area contributed by atoms with E-state index < -0.39 is 9.84 Å². The molecular formula is C8H9ClO2S2. The fourth-order valence-electron chi connectivity index (χ4n) is 0.887. The molecule has 1 aromatic carbocycles. The Hall–Kier alpha value is -0.190.